The quantitative estimate of drug-likeness (QED) is 0.710. The molecule has 2 aliphatic carbocycles. The third-order valence-corrected chi connectivity index (χ3v) is 4.34. The Hall–Kier alpha value is 0.210. The Bertz CT molecular complexity index is 205. The molecule has 0 bridgehead atoms. The molecule has 2 nitrogen and oxygen atoms in total. The Morgan fingerprint density at radius 3 is 2.71 bits per heavy atom. The van der Waals surface area contributed by atoms with E-state index in [4.69, 9.17) is 11.6 Å². The van der Waals surface area contributed by atoms with Crippen LogP contribution < -0.4 is 5.32 Å². The fraction of sp³-hybridized carbons (Fsp3) is 1.00. The largest absolute Gasteiger partial charge is 0.393 e. The molecule has 0 saturated heterocycles. The van der Waals surface area contributed by atoms with E-state index < -0.39 is 0 Å². The highest BCUT2D eigenvalue weighted by Gasteiger charge is 2.46. The van der Waals surface area contributed by atoms with Crippen molar-refractivity contribution >= 4 is 11.6 Å². The fourth-order valence-electron chi connectivity index (χ4n) is 2.37. The van der Waals surface area contributed by atoms with Gasteiger partial charge in [-0.05, 0) is 45.4 Å². The molecule has 2 saturated carbocycles. The summed E-state index contributed by atoms with van der Waals surface area (Å²) in [5, 5.41) is 13.1. The maximum atomic E-state index is 9.54. The van der Waals surface area contributed by atoms with Crippen LogP contribution in [0.25, 0.3) is 0 Å². The number of hydrogen-bond donors (Lipinski definition) is 2. The van der Waals surface area contributed by atoms with Crippen molar-refractivity contribution in [3.05, 3.63) is 0 Å². The van der Waals surface area contributed by atoms with Crippen LogP contribution in [-0.2, 0) is 0 Å². The zero-order valence-corrected chi connectivity index (χ0v) is 9.56. The normalized spacial score (nSPS) is 37.9. The standard InChI is InChI=1S/C11H20ClNO/c1-8(11(12)5-6-11)13-9-3-2-4-10(14)7-9/h8-10,13-14H,2-7H2,1H3. The summed E-state index contributed by atoms with van der Waals surface area (Å²) in [5.74, 6) is 0. The molecule has 2 aliphatic rings. The maximum Gasteiger partial charge on any atom is 0.0598 e. The van der Waals surface area contributed by atoms with Gasteiger partial charge in [-0.2, -0.15) is 0 Å². The van der Waals surface area contributed by atoms with Gasteiger partial charge in [0.15, 0.2) is 0 Å². The van der Waals surface area contributed by atoms with Gasteiger partial charge in [-0.3, -0.25) is 0 Å². The Kier molecular flexibility index (Phi) is 3.06. The summed E-state index contributed by atoms with van der Waals surface area (Å²) in [6.07, 6.45) is 6.38. The van der Waals surface area contributed by atoms with E-state index in [0.717, 1.165) is 32.1 Å². The zero-order chi connectivity index (χ0) is 10.2. The van der Waals surface area contributed by atoms with Gasteiger partial charge in [0, 0.05) is 12.1 Å². The van der Waals surface area contributed by atoms with Gasteiger partial charge >= 0.3 is 0 Å². The minimum absolute atomic E-state index is 0.0302. The van der Waals surface area contributed by atoms with Gasteiger partial charge in [0.2, 0.25) is 0 Å². The number of alkyl halides is 1. The molecule has 0 heterocycles. The van der Waals surface area contributed by atoms with Crippen molar-refractivity contribution in [2.75, 3.05) is 0 Å². The molecule has 2 fully saturated rings. The van der Waals surface area contributed by atoms with Crippen molar-refractivity contribution in [1.82, 2.24) is 5.32 Å². The Labute approximate surface area is 91.0 Å². The molecule has 3 atom stereocenters. The summed E-state index contributed by atoms with van der Waals surface area (Å²) in [4.78, 5) is 0.0302. The smallest absolute Gasteiger partial charge is 0.0598 e. The van der Waals surface area contributed by atoms with Crippen LogP contribution in [-0.4, -0.2) is 28.2 Å². The highest BCUT2D eigenvalue weighted by Crippen LogP contribution is 2.45. The van der Waals surface area contributed by atoms with Gasteiger partial charge in [-0.25, -0.2) is 0 Å². The van der Waals surface area contributed by atoms with Crippen molar-refractivity contribution in [2.45, 2.75) is 68.5 Å². The lowest BCUT2D eigenvalue weighted by molar-refractivity contribution is 0.109. The van der Waals surface area contributed by atoms with Crippen molar-refractivity contribution in [3.8, 4) is 0 Å². The third kappa shape index (κ3) is 2.41. The average Bonchev–Trinajstić information content (AvgIpc) is 2.85. The Morgan fingerprint density at radius 2 is 2.14 bits per heavy atom. The van der Waals surface area contributed by atoms with Crippen molar-refractivity contribution in [3.63, 3.8) is 0 Å². The van der Waals surface area contributed by atoms with E-state index >= 15 is 0 Å². The molecule has 0 amide bonds. The van der Waals surface area contributed by atoms with Crippen LogP contribution in [0.15, 0.2) is 0 Å². The van der Waals surface area contributed by atoms with E-state index in [-0.39, 0.29) is 11.0 Å². The van der Waals surface area contributed by atoms with Gasteiger partial charge in [0.25, 0.3) is 0 Å². The molecule has 0 aliphatic heterocycles. The topological polar surface area (TPSA) is 32.3 Å². The van der Waals surface area contributed by atoms with Crippen LogP contribution in [0.3, 0.4) is 0 Å². The minimum Gasteiger partial charge on any atom is -0.393 e. The van der Waals surface area contributed by atoms with Gasteiger partial charge in [0.05, 0.1) is 11.0 Å². The van der Waals surface area contributed by atoms with E-state index in [1.807, 2.05) is 0 Å². The van der Waals surface area contributed by atoms with E-state index in [1.54, 1.807) is 0 Å². The molecule has 3 heteroatoms. The monoisotopic (exact) mass is 217 g/mol. The number of halogens is 1. The first-order valence-corrected chi connectivity index (χ1v) is 6.11. The number of aliphatic hydroxyl groups excluding tert-OH is 1. The first kappa shape index (κ1) is 10.7. The van der Waals surface area contributed by atoms with Gasteiger partial charge in [-0.1, -0.05) is 0 Å². The van der Waals surface area contributed by atoms with Crippen LogP contribution in [0.2, 0.25) is 0 Å². The number of rotatable bonds is 3. The molecule has 3 unspecified atom stereocenters. The Morgan fingerprint density at radius 1 is 1.43 bits per heavy atom. The number of aliphatic hydroxyl groups is 1. The minimum atomic E-state index is -0.0982. The fourth-order valence-corrected chi connectivity index (χ4v) is 2.53. The predicted molar refractivity (Wildman–Crippen MR) is 58.7 cm³/mol. The molecule has 0 spiro atoms. The molecule has 0 aromatic rings. The molecule has 0 radical (unpaired) electrons. The molecule has 82 valence electrons. The highest BCUT2D eigenvalue weighted by molar-refractivity contribution is 6.26. The molecule has 2 rings (SSSR count). The lowest BCUT2D eigenvalue weighted by Gasteiger charge is -2.31. The molecule has 14 heavy (non-hydrogen) atoms. The van der Waals surface area contributed by atoms with Gasteiger partial charge < -0.3 is 10.4 Å². The second-order valence-corrected chi connectivity index (χ2v) is 5.69. The van der Waals surface area contributed by atoms with Crippen molar-refractivity contribution in [1.29, 1.82) is 0 Å². The second-order valence-electron chi connectivity index (χ2n) is 4.94. The third-order valence-electron chi connectivity index (χ3n) is 3.64. The first-order valence-electron chi connectivity index (χ1n) is 5.73. The van der Waals surface area contributed by atoms with Crippen LogP contribution in [0.5, 0.6) is 0 Å². The Balaban J connectivity index is 1.78. The zero-order valence-electron chi connectivity index (χ0n) is 8.80. The van der Waals surface area contributed by atoms with Crippen LogP contribution in [0.1, 0.15) is 45.4 Å². The van der Waals surface area contributed by atoms with Gasteiger partial charge in [-0.15, -0.1) is 11.6 Å². The summed E-state index contributed by atoms with van der Waals surface area (Å²) in [5.41, 5.74) is 0. The SMILES string of the molecule is CC(NC1CCCC(O)C1)C1(Cl)CC1. The summed E-state index contributed by atoms with van der Waals surface area (Å²) in [7, 11) is 0. The average molecular weight is 218 g/mol. The van der Waals surface area contributed by atoms with E-state index in [0.29, 0.717) is 12.1 Å². The molecule has 0 aromatic carbocycles. The predicted octanol–water partition coefficient (Wildman–Crippen LogP) is 2.04. The van der Waals surface area contributed by atoms with E-state index in [9.17, 15) is 5.11 Å². The summed E-state index contributed by atoms with van der Waals surface area (Å²) in [6.45, 7) is 2.17. The number of nitrogens with one attached hydrogen (secondary N) is 1. The molecule has 2 N–H and O–H groups in total. The van der Waals surface area contributed by atoms with Crippen LogP contribution in [0.4, 0.5) is 0 Å². The van der Waals surface area contributed by atoms with Crippen LogP contribution in [0, 0.1) is 0 Å². The summed E-state index contributed by atoms with van der Waals surface area (Å²) in [6, 6.07) is 0.865. The van der Waals surface area contributed by atoms with E-state index in [2.05, 4.69) is 12.2 Å². The number of hydrogen-bond acceptors (Lipinski definition) is 2. The van der Waals surface area contributed by atoms with Gasteiger partial charge in [0.1, 0.15) is 0 Å². The lowest BCUT2D eigenvalue weighted by atomic mass is 9.92. The first-order chi connectivity index (χ1) is 6.60. The van der Waals surface area contributed by atoms with Crippen molar-refractivity contribution in [2.24, 2.45) is 0 Å². The molecule has 0 aromatic heterocycles. The highest BCUT2D eigenvalue weighted by atomic mass is 35.5. The molecular weight excluding hydrogens is 198 g/mol. The van der Waals surface area contributed by atoms with Crippen LogP contribution >= 0.6 is 11.6 Å². The summed E-state index contributed by atoms with van der Waals surface area (Å²) < 4.78 is 0. The van der Waals surface area contributed by atoms with Crippen molar-refractivity contribution < 1.29 is 5.11 Å². The summed E-state index contributed by atoms with van der Waals surface area (Å²) >= 11 is 6.33. The molecular formula is C11H20ClNO. The maximum absolute atomic E-state index is 9.54. The lowest BCUT2D eigenvalue weighted by Crippen LogP contribution is -2.45. The van der Waals surface area contributed by atoms with E-state index in [1.165, 1.54) is 6.42 Å². The second kappa shape index (κ2) is 3.99.